The van der Waals surface area contributed by atoms with Crippen molar-refractivity contribution < 1.29 is 9.90 Å². The Morgan fingerprint density at radius 2 is 2.10 bits per heavy atom. The number of phenolic OH excluding ortho intramolecular Hbond substituents is 1. The van der Waals surface area contributed by atoms with Crippen LogP contribution in [0.5, 0.6) is 5.75 Å². The molecule has 6 nitrogen and oxygen atoms in total. The van der Waals surface area contributed by atoms with Gasteiger partial charge >= 0.3 is 0 Å². The maximum atomic E-state index is 11.9. The highest BCUT2D eigenvalue weighted by Gasteiger charge is 2.13. The number of nitrogens with two attached hydrogens (primary N) is 1. The summed E-state index contributed by atoms with van der Waals surface area (Å²) in [7, 11) is 1.87. The lowest BCUT2D eigenvalue weighted by molar-refractivity contribution is -0.122. The molecule has 112 valence electrons. The van der Waals surface area contributed by atoms with E-state index in [0.717, 1.165) is 11.3 Å². The average molecular weight is 288 g/mol. The molecule has 0 spiro atoms. The number of amides is 1. The van der Waals surface area contributed by atoms with Crippen LogP contribution in [0.1, 0.15) is 11.3 Å². The molecule has 0 bridgehead atoms. The van der Waals surface area contributed by atoms with E-state index in [1.165, 1.54) is 0 Å². The molecule has 1 amide bonds. The van der Waals surface area contributed by atoms with Crippen LogP contribution in [0.15, 0.2) is 36.5 Å². The van der Waals surface area contributed by atoms with Crippen LogP contribution in [0.4, 0.5) is 0 Å². The molecule has 0 saturated heterocycles. The standard InChI is InChI=1S/C15H20N4O2/c1-19-12(7-9-18-19)6-8-17-15(21)14(16)10-11-2-4-13(20)5-3-11/h2-5,7,9,14,20H,6,8,10,16H2,1H3,(H,17,21). The van der Waals surface area contributed by atoms with Gasteiger partial charge < -0.3 is 16.2 Å². The fraction of sp³-hybridized carbons (Fsp3) is 0.333. The molecule has 6 heteroatoms. The number of rotatable bonds is 6. The van der Waals surface area contributed by atoms with Crippen molar-refractivity contribution in [3.8, 4) is 5.75 Å². The van der Waals surface area contributed by atoms with Crippen molar-refractivity contribution in [3.05, 3.63) is 47.8 Å². The summed E-state index contributed by atoms with van der Waals surface area (Å²) in [5.41, 5.74) is 7.86. The molecule has 0 radical (unpaired) electrons. The van der Waals surface area contributed by atoms with Crippen LogP contribution < -0.4 is 11.1 Å². The summed E-state index contributed by atoms with van der Waals surface area (Å²) in [6, 6.07) is 8.02. The molecule has 1 heterocycles. The molecule has 21 heavy (non-hydrogen) atoms. The molecule has 0 aliphatic rings. The Balaban J connectivity index is 1.77. The third-order valence-electron chi connectivity index (χ3n) is 3.33. The fourth-order valence-electron chi connectivity index (χ4n) is 2.07. The van der Waals surface area contributed by atoms with E-state index < -0.39 is 6.04 Å². The molecule has 1 aromatic heterocycles. The van der Waals surface area contributed by atoms with Gasteiger partial charge in [0.15, 0.2) is 0 Å². The maximum absolute atomic E-state index is 11.9. The van der Waals surface area contributed by atoms with E-state index >= 15 is 0 Å². The fourth-order valence-corrected chi connectivity index (χ4v) is 2.07. The first-order chi connectivity index (χ1) is 10.1. The van der Waals surface area contributed by atoms with Gasteiger partial charge in [-0.1, -0.05) is 12.1 Å². The quantitative estimate of drug-likeness (QED) is 0.715. The molecule has 1 unspecified atom stereocenters. The Morgan fingerprint density at radius 1 is 1.38 bits per heavy atom. The Hall–Kier alpha value is -2.34. The summed E-state index contributed by atoms with van der Waals surface area (Å²) in [4.78, 5) is 11.9. The monoisotopic (exact) mass is 288 g/mol. The number of phenols is 1. The first kappa shape index (κ1) is 15.1. The minimum absolute atomic E-state index is 0.176. The van der Waals surface area contributed by atoms with Crippen molar-refractivity contribution >= 4 is 5.91 Å². The number of aryl methyl sites for hydroxylation is 1. The van der Waals surface area contributed by atoms with E-state index in [1.54, 1.807) is 35.1 Å². The second-order valence-electron chi connectivity index (χ2n) is 4.96. The third kappa shape index (κ3) is 4.32. The van der Waals surface area contributed by atoms with Crippen molar-refractivity contribution in [1.29, 1.82) is 0 Å². The summed E-state index contributed by atoms with van der Waals surface area (Å²) < 4.78 is 1.78. The highest BCUT2D eigenvalue weighted by molar-refractivity contribution is 5.81. The summed E-state index contributed by atoms with van der Waals surface area (Å²) in [6.07, 6.45) is 2.89. The number of hydrogen-bond donors (Lipinski definition) is 3. The molecule has 0 saturated carbocycles. The van der Waals surface area contributed by atoms with Crippen molar-refractivity contribution in [2.45, 2.75) is 18.9 Å². The van der Waals surface area contributed by atoms with Crippen LogP contribution in [0, 0.1) is 0 Å². The van der Waals surface area contributed by atoms with E-state index in [0.29, 0.717) is 19.4 Å². The first-order valence-corrected chi connectivity index (χ1v) is 6.84. The SMILES string of the molecule is Cn1nccc1CCNC(=O)C(N)Cc1ccc(O)cc1. The number of nitrogens with one attached hydrogen (secondary N) is 1. The molecule has 4 N–H and O–H groups in total. The van der Waals surface area contributed by atoms with Gasteiger partial charge in [-0.15, -0.1) is 0 Å². The van der Waals surface area contributed by atoms with Crippen molar-refractivity contribution in [2.75, 3.05) is 6.54 Å². The zero-order valence-corrected chi connectivity index (χ0v) is 12.0. The number of benzene rings is 1. The molecule has 1 aromatic carbocycles. The third-order valence-corrected chi connectivity index (χ3v) is 3.33. The molecular formula is C15H20N4O2. The number of nitrogens with zero attached hydrogens (tertiary/aromatic N) is 2. The van der Waals surface area contributed by atoms with Gasteiger partial charge in [-0.2, -0.15) is 5.10 Å². The Labute approximate surface area is 123 Å². The lowest BCUT2D eigenvalue weighted by atomic mass is 10.1. The lowest BCUT2D eigenvalue weighted by Gasteiger charge is -2.12. The second kappa shape index (κ2) is 6.90. The minimum Gasteiger partial charge on any atom is -0.508 e. The van der Waals surface area contributed by atoms with Crippen LogP contribution in [0.3, 0.4) is 0 Å². The summed E-state index contributed by atoms with van der Waals surface area (Å²) in [6.45, 7) is 0.529. The predicted molar refractivity (Wildman–Crippen MR) is 79.7 cm³/mol. The number of hydrogen-bond acceptors (Lipinski definition) is 4. The van der Waals surface area contributed by atoms with Crippen molar-refractivity contribution in [1.82, 2.24) is 15.1 Å². The van der Waals surface area contributed by atoms with Gasteiger partial charge in [-0.25, -0.2) is 0 Å². The normalized spacial score (nSPS) is 12.1. The van der Waals surface area contributed by atoms with E-state index in [1.807, 2.05) is 13.1 Å². The molecular weight excluding hydrogens is 268 g/mol. The van der Waals surface area contributed by atoms with Crippen molar-refractivity contribution in [2.24, 2.45) is 12.8 Å². The number of aromatic nitrogens is 2. The Morgan fingerprint density at radius 3 is 2.71 bits per heavy atom. The Bertz CT molecular complexity index is 592. The first-order valence-electron chi connectivity index (χ1n) is 6.84. The largest absolute Gasteiger partial charge is 0.508 e. The molecule has 0 aliphatic carbocycles. The zero-order chi connectivity index (χ0) is 15.2. The summed E-state index contributed by atoms with van der Waals surface area (Å²) in [5.74, 6) is 0.0261. The van der Waals surface area contributed by atoms with E-state index in [-0.39, 0.29) is 11.7 Å². The number of carbonyl (C=O) groups excluding carboxylic acids is 1. The van der Waals surface area contributed by atoms with E-state index in [4.69, 9.17) is 5.73 Å². The molecule has 0 fully saturated rings. The van der Waals surface area contributed by atoms with Crippen LogP contribution in [0.2, 0.25) is 0 Å². The number of aromatic hydroxyl groups is 1. The summed E-state index contributed by atoms with van der Waals surface area (Å²) in [5, 5.41) is 16.1. The van der Waals surface area contributed by atoms with Gasteiger partial charge in [0.25, 0.3) is 0 Å². The maximum Gasteiger partial charge on any atom is 0.237 e. The van der Waals surface area contributed by atoms with Gasteiger partial charge in [0, 0.05) is 31.9 Å². The van der Waals surface area contributed by atoms with Gasteiger partial charge in [0.1, 0.15) is 5.75 Å². The zero-order valence-electron chi connectivity index (χ0n) is 12.0. The molecule has 2 rings (SSSR count). The van der Waals surface area contributed by atoms with Crippen molar-refractivity contribution in [3.63, 3.8) is 0 Å². The molecule has 2 aromatic rings. The molecule has 0 aliphatic heterocycles. The van der Waals surface area contributed by atoms with E-state index in [9.17, 15) is 9.90 Å². The highest BCUT2D eigenvalue weighted by Crippen LogP contribution is 2.10. The van der Waals surface area contributed by atoms with Crippen LogP contribution in [-0.4, -0.2) is 33.4 Å². The minimum atomic E-state index is -0.596. The van der Waals surface area contributed by atoms with Gasteiger partial charge in [0.05, 0.1) is 6.04 Å². The van der Waals surface area contributed by atoms with Gasteiger partial charge in [-0.05, 0) is 30.2 Å². The van der Waals surface area contributed by atoms with Crippen LogP contribution in [-0.2, 0) is 24.7 Å². The summed E-state index contributed by atoms with van der Waals surface area (Å²) >= 11 is 0. The lowest BCUT2D eigenvalue weighted by Crippen LogP contribution is -2.42. The predicted octanol–water partition coefficient (Wildman–Crippen LogP) is 0.354. The smallest absolute Gasteiger partial charge is 0.237 e. The van der Waals surface area contributed by atoms with Gasteiger partial charge in [0.2, 0.25) is 5.91 Å². The second-order valence-corrected chi connectivity index (χ2v) is 4.96. The van der Waals surface area contributed by atoms with Crippen LogP contribution >= 0.6 is 0 Å². The molecule has 1 atom stereocenters. The average Bonchev–Trinajstić information content (AvgIpc) is 2.87. The number of carbonyl (C=O) groups is 1. The topological polar surface area (TPSA) is 93.2 Å². The van der Waals surface area contributed by atoms with Gasteiger partial charge in [-0.3, -0.25) is 9.48 Å². The van der Waals surface area contributed by atoms with Crippen LogP contribution in [0.25, 0.3) is 0 Å². The highest BCUT2D eigenvalue weighted by atomic mass is 16.3. The Kier molecular flexibility index (Phi) is 4.94. The van der Waals surface area contributed by atoms with E-state index in [2.05, 4.69) is 10.4 Å².